The maximum atomic E-state index is 13.0. The molecule has 1 heterocycles. The quantitative estimate of drug-likeness (QED) is 0.164. The molecule has 1 fully saturated rings. The number of carbonyl (C=O) groups is 4. The topological polar surface area (TPSA) is 132 Å². The van der Waals surface area contributed by atoms with Gasteiger partial charge in [-0.15, -0.1) is 0 Å². The fourth-order valence-corrected chi connectivity index (χ4v) is 6.60. The zero-order valence-electron chi connectivity index (χ0n) is 24.2. The fraction of sp³-hybridized carbons (Fsp3) is 0.571. The van der Waals surface area contributed by atoms with Crippen LogP contribution in [0.2, 0.25) is 0 Å². The summed E-state index contributed by atoms with van der Waals surface area (Å²) in [5.41, 5.74) is 2.45. The van der Waals surface area contributed by atoms with Crippen LogP contribution in [0.15, 0.2) is 33.4 Å². The Morgan fingerprint density at radius 2 is 1.73 bits per heavy atom. The molecule has 1 saturated carbocycles. The molecule has 1 aliphatic rings. The van der Waals surface area contributed by atoms with E-state index in [9.17, 15) is 19.2 Å². The molecule has 0 N–H and O–H groups in total. The number of hydrogen-bond acceptors (Lipinski definition) is 11. The van der Waals surface area contributed by atoms with Gasteiger partial charge in [0.15, 0.2) is 0 Å². The van der Waals surface area contributed by atoms with Crippen LogP contribution in [-0.4, -0.2) is 82.5 Å². The molecule has 1 aromatic carbocycles. The van der Waals surface area contributed by atoms with Crippen LogP contribution in [0.25, 0.3) is 11.0 Å². The van der Waals surface area contributed by atoms with Gasteiger partial charge in [0.05, 0.1) is 19.4 Å². The van der Waals surface area contributed by atoms with Crippen molar-refractivity contribution < 1.29 is 33.3 Å². The van der Waals surface area contributed by atoms with E-state index in [0.29, 0.717) is 54.0 Å². The minimum atomic E-state index is -0.465. The molecular weight excluding hydrogens is 568 g/mol. The number of nitrogens with zero attached hydrogens (tertiary/aromatic N) is 4. The molecule has 0 bridgehead atoms. The standard InChI is InChI=1S/C28H38N4O7S2/c1-18(2)40-41-25(19(3)31(4)17-33)14-15-37-26(34)12-13-27(35)38-22-9-7-21(8-10-22)32(5)28(36)20-6-11-23-24(16-20)30-39-29-23/h6,11,16-18,21-22H,7-10,12-15H2,1-5H3/b25-19-. The lowest BCUT2D eigenvalue weighted by atomic mass is 9.91. The molecule has 41 heavy (non-hydrogen) atoms. The number of hydrogen-bond donors (Lipinski definition) is 0. The Hall–Kier alpha value is -3.06. The highest BCUT2D eigenvalue weighted by Gasteiger charge is 2.29. The highest BCUT2D eigenvalue weighted by atomic mass is 33.1. The van der Waals surface area contributed by atoms with Crippen molar-refractivity contribution in [2.75, 3.05) is 20.7 Å². The second-order valence-electron chi connectivity index (χ2n) is 10.2. The van der Waals surface area contributed by atoms with Crippen LogP contribution < -0.4 is 0 Å². The molecule has 0 spiro atoms. The van der Waals surface area contributed by atoms with Gasteiger partial charge in [0.2, 0.25) is 6.41 Å². The van der Waals surface area contributed by atoms with Crippen molar-refractivity contribution in [3.8, 4) is 0 Å². The van der Waals surface area contributed by atoms with Gasteiger partial charge in [0.1, 0.15) is 17.1 Å². The van der Waals surface area contributed by atoms with E-state index in [-0.39, 0.29) is 37.5 Å². The Balaban J connectivity index is 1.36. The van der Waals surface area contributed by atoms with Gasteiger partial charge in [-0.25, -0.2) is 4.63 Å². The molecule has 2 aromatic rings. The first-order chi connectivity index (χ1) is 19.6. The highest BCUT2D eigenvalue weighted by Crippen LogP contribution is 2.37. The number of benzene rings is 1. The number of aromatic nitrogens is 2. The average molecular weight is 607 g/mol. The lowest BCUT2D eigenvalue weighted by Crippen LogP contribution is -2.41. The number of amides is 2. The smallest absolute Gasteiger partial charge is 0.306 e. The van der Waals surface area contributed by atoms with Gasteiger partial charge >= 0.3 is 11.9 Å². The Labute approximate surface area is 248 Å². The van der Waals surface area contributed by atoms with E-state index in [1.54, 1.807) is 58.8 Å². The molecule has 11 nitrogen and oxygen atoms in total. The Morgan fingerprint density at radius 1 is 1.05 bits per heavy atom. The minimum Gasteiger partial charge on any atom is -0.465 e. The third kappa shape index (κ3) is 9.77. The normalized spacial score (nSPS) is 17.6. The van der Waals surface area contributed by atoms with E-state index in [0.717, 1.165) is 17.0 Å². The molecule has 1 aromatic heterocycles. The summed E-state index contributed by atoms with van der Waals surface area (Å²) in [5.74, 6) is -1.01. The number of allylic oxidation sites excluding steroid dienone is 1. The van der Waals surface area contributed by atoms with Crippen molar-refractivity contribution in [2.24, 2.45) is 0 Å². The predicted molar refractivity (Wildman–Crippen MR) is 158 cm³/mol. The van der Waals surface area contributed by atoms with E-state index in [4.69, 9.17) is 14.1 Å². The van der Waals surface area contributed by atoms with E-state index in [1.807, 2.05) is 6.92 Å². The number of esters is 2. The molecular formula is C28H38N4O7S2. The summed E-state index contributed by atoms with van der Waals surface area (Å²) in [6.45, 7) is 6.19. The summed E-state index contributed by atoms with van der Waals surface area (Å²) in [4.78, 5) is 52.9. The van der Waals surface area contributed by atoms with E-state index < -0.39 is 11.9 Å². The van der Waals surface area contributed by atoms with E-state index in [1.165, 1.54) is 4.90 Å². The highest BCUT2D eigenvalue weighted by molar-refractivity contribution is 8.78. The van der Waals surface area contributed by atoms with Gasteiger partial charge < -0.3 is 19.3 Å². The first kappa shape index (κ1) is 32.5. The second-order valence-corrected chi connectivity index (χ2v) is 13.1. The maximum Gasteiger partial charge on any atom is 0.306 e. The summed E-state index contributed by atoms with van der Waals surface area (Å²) in [6, 6.07) is 5.11. The molecule has 3 rings (SSSR count). The van der Waals surface area contributed by atoms with Gasteiger partial charge in [0, 0.05) is 48.0 Å². The third-order valence-electron chi connectivity index (χ3n) is 6.87. The van der Waals surface area contributed by atoms with Crippen LogP contribution in [0.3, 0.4) is 0 Å². The zero-order chi connectivity index (χ0) is 29.9. The van der Waals surface area contributed by atoms with Crippen molar-refractivity contribution >= 4 is 56.9 Å². The van der Waals surface area contributed by atoms with Crippen molar-refractivity contribution in [1.82, 2.24) is 20.1 Å². The van der Waals surface area contributed by atoms with Crippen LogP contribution in [0.1, 0.15) is 76.1 Å². The fourth-order valence-electron chi connectivity index (χ4n) is 4.33. The second kappa shape index (κ2) is 15.8. The molecule has 2 amide bonds. The van der Waals surface area contributed by atoms with Crippen molar-refractivity contribution in [3.63, 3.8) is 0 Å². The van der Waals surface area contributed by atoms with Gasteiger partial charge in [-0.05, 0) is 61.1 Å². The zero-order valence-corrected chi connectivity index (χ0v) is 25.8. The van der Waals surface area contributed by atoms with Crippen molar-refractivity contribution in [2.45, 2.75) is 83.1 Å². The lowest BCUT2D eigenvalue weighted by molar-refractivity contribution is -0.155. The largest absolute Gasteiger partial charge is 0.465 e. The monoisotopic (exact) mass is 606 g/mol. The van der Waals surface area contributed by atoms with Gasteiger partial charge in [-0.3, -0.25) is 19.2 Å². The van der Waals surface area contributed by atoms with Gasteiger partial charge in [-0.1, -0.05) is 35.4 Å². The number of ether oxygens (including phenoxy) is 2. The lowest BCUT2D eigenvalue weighted by Gasteiger charge is -2.34. The molecule has 0 aliphatic heterocycles. The van der Waals surface area contributed by atoms with Crippen LogP contribution in [0.4, 0.5) is 0 Å². The first-order valence-electron chi connectivity index (χ1n) is 13.6. The van der Waals surface area contributed by atoms with Gasteiger partial charge in [-0.2, -0.15) is 0 Å². The van der Waals surface area contributed by atoms with Crippen molar-refractivity contribution in [1.29, 1.82) is 0 Å². The molecule has 0 radical (unpaired) electrons. The average Bonchev–Trinajstić information content (AvgIpc) is 3.44. The van der Waals surface area contributed by atoms with Crippen molar-refractivity contribution in [3.05, 3.63) is 34.4 Å². The van der Waals surface area contributed by atoms with E-state index >= 15 is 0 Å². The van der Waals surface area contributed by atoms with Crippen LogP contribution >= 0.6 is 21.6 Å². The summed E-state index contributed by atoms with van der Waals surface area (Å²) < 4.78 is 15.6. The molecule has 224 valence electrons. The summed E-state index contributed by atoms with van der Waals surface area (Å²) in [7, 11) is 6.71. The van der Waals surface area contributed by atoms with Crippen LogP contribution in [0.5, 0.6) is 0 Å². The summed E-state index contributed by atoms with van der Waals surface area (Å²) >= 11 is 0. The number of rotatable bonds is 14. The maximum absolute atomic E-state index is 13.0. The Morgan fingerprint density at radius 3 is 2.41 bits per heavy atom. The SMILES string of the molecule is C/C(=C(\CCOC(=O)CCC(=O)OC1CCC(N(C)C(=O)c2ccc3nonc3c2)CC1)SSC(C)C)N(C)C=O. The third-order valence-corrected chi connectivity index (χ3v) is 10.1. The van der Waals surface area contributed by atoms with E-state index in [2.05, 4.69) is 24.2 Å². The predicted octanol–water partition coefficient (Wildman–Crippen LogP) is 4.97. The molecule has 0 unspecified atom stereocenters. The Bertz CT molecular complexity index is 1240. The molecule has 0 atom stereocenters. The summed E-state index contributed by atoms with van der Waals surface area (Å²) in [5, 5.41) is 7.95. The van der Waals surface area contributed by atoms with Gasteiger partial charge in [0.25, 0.3) is 5.91 Å². The summed E-state index contributed by atoms with van der Waals surface area (Å²) in [6.07, 6.45) is 3.57. The molecule has 1 aliphatic carbocycles. The number of fused-ring (bicyclic) bond motifs is 1. The minimum absolute atomic E-state index is 0.0320. The Kier molecular flexibility index (Phi) is 12.5. The van der Waals surface area contributed by atoms with Crippen LogP contribution in [0, 0.1) is 0 Å². The first-order valence-corrected chi connectivity index (χ1v) is 15.9. The van der Waals surface area contributed by atoms with Crippen LogP contribution in [-0.2, 0) is 23.9 Å². The molecule has 13 heteroatoms. The number of carbonyl (C=O) groups excluding carboxylic acids is 4. The molecule has 0 saturated heterocycles.